The Hall–Kier alpha value is -0.120. The lowest BCUT2D eigenvalue weighted by Gasteiger charge is -2.43. The summed E-state index contributed by atoms with van der Waals surface area (Å²) in [5.41, 5.74) is 0. The molecule has 3 nitrogen and oxygen atoms in total. The molecule has 0 amide bonds. The fourth-order valence-electron chi connectivity index (χ4n) is 2.87. The Morgan fingerprint density at radius 2 is 2.06 bits per heavy atom. The Labute approximate surface area is 107 Å². The van der Waals surface area contributed by atoms with Gasteiger partial charge in [-0.2, -0.15) is 0 Å². The van der Waals surface area contributed by atoms with E-state index in [-0.39, 0.29) is 0 Å². The summed E-state index contributed by atoms with van der Waals surface area (Å²) in [6.07, 6.45) is 2.49. The Bertz CT molecular complexity index is 208. The molecule has 1 fully saturated rings. The van der Waals surface area contributed by atoms with Gasteiger partial charge in [0.25, 0.3) is 0 Å². The minimum Gasteiger partial charge on any atom is -0.383 e. The van der Waals surface area contributed by atoms with Crippen LogP contribution in [-0.4, -0.2) is 49.8 Å². The summed E-state index contributed by atoms with van der Waals surface area (Å²) >= 11 is 0. The van der Waals surface area contributed by atoms with Crippen LogP contribution in [0.3, 0.4) is 0 Å². The second-order valence-corrected chi connectivity index (χ2v) is 5.80. The van der Waals surface area contributed by atoms with Gasteiger partial charge in [-0.25, -0.2) is 0 Å². The molecule has 17 heavy (non-hydrogen) atoms. The van der Waals surface area contributed by atoms with Gasteiger partial charge < -0.3 is 10.1 Å². The van der Waals surface area contributed by atoms with Crippen molar-refractivity contribution in [2.24, 2.45) is 5.92 Å². The molecule has 0 radical (unpaired) electrons. The van der Waals surface area contributed by atoms with Crippen LogP contribution >= 0.6 is 0 Å². The minimum atomic E-state index is 0.529. The number of rotatable bonds is 6. The Kier molecular flexibility index (Phi) is 6.45. The number of piperazine rings is 1. The Balaban J connectivity index is 2.54. The molecule has 1 aliphatic rings. The normalized spacial score (nSPS) is 28.6. The fourth-order valence-corrected chi connectivity index (χ4v) is 2.87. The molecule has 0 saturated carbocycles. The summed E-state index contributed by atoms with van der Waals surface area (Å²) in [6, 6.07) is 1.85. The van der Waals surface area contributed by atoms with Crippen LogP contribution in [0.2, 0.25) is 0 Å². The molecule has 1 rings (SSSR count). The van der Waals surface area contributed by atoms with Crippen molar-refractivity contribution in [1.29, 1.82) is 0 Å². The van der Waals surface area contributed by atoms with Gasteiger partial charge in [0.05, 0.1) is 6.61 Å². The average molecular weight is 242 g/mol. The minimum absolute atomic E-state index is 0.529. The van der Waals surface area contributed by atoms with Gasteiger partial charge in [0.2, 0.25) is 0 Å². The van der Waals surface area contributed by atoms with Gasteiger partial charge in [-0.1, -0.05) is 20.8 Å². The van der Waals surface area contributed by atoms with Crippen molar-refractivity contribution < 1.29 is 4.74 Å². The number of hydrogen-bond donors (Lipinski definition) is 1. The standard InChI is InChI=1S/C14H30N2O/c1-6-14-8-15-13(7-11(2)3)9-16(14)12(4)10-17-5/h11-15H,6-10H2,1-5H3. The first-order chi connectivity index (χ1) is 8.08. The number of nitrogens with one attached hydrogen (secondary N) is 1. The van der Waals surface area contributed by atoms with Crippen LogP contribution in [0, 0.1) is 5.92 Å². The summed E-state index contributed by atoms with van der Waals surface area (Å²) < 4.78 is 5.30. The van der Waals surface area contributed by atoms with E-state index >= 15 is 0 Å². The van der Waals surface area contributed by atoms with E-state index in [1.165, 1.54) is 19.4 Å². The molecule has 1 N–H and O–H groups in total. The fraction of sp³-hybridized carbons (Fsp3) is 1.00. The topological polar surface area (TPSA) is 24.5 Å². The van der Waals surface area contributed by atoms with Crippen LogP contribution in [0.1, 0.15) is 40.5 Å². The van der Waals surface area contributed by atoms with E-state index in [1.807, 2.05) is 0 Å². The van der Waals surface area contributed by atoms with Crippen LogP contribution in [0.25, 0.3) is 0 Å². The lowest BCUT2D eigenvalue weighted by atomic mass is 9.98. The van der Waals surface area contributed by atoms with Gasteiger partial charge >= 0.3 is 0 Å². The van der Waals surface area contributed by atoms with Gasteiger partial charge in [0.15, 0.2) is 0 Å². The van der Waals surface area contributed by atoms with Crippen molar-refractivity contribution in [3.63, 3.8) is 0 Å². The third kappa shape index (κ3) is 4.57. The first-order valence-corrected chi connectivity index (χ1v) is 7.06. The van der Waals surface area contributed by atoms with Crippen LogP contribution in [-0.2, 0) is 4.74 Å². The smallest absolute Gasteiger partial charge is 0.0615 e. The van der Waals surface area contributed by atoms with E-state index in [1.54, 1.807) is 7.11 Å². The van der Waals surface area contributed by atoms with Crippen molar-refractivity contribution in [3.05, 3.63) is 0 Å². The number of methoxy groups -OCH3 is 1. The first-order valence-electron chi connectivity index (χ1n) is 7.06. The van der Waals surface area contributed by atoms with E-state index in [0.717, 1.165) is 19.1 Å². The monoisotopic (exact) mass is 242 g/mol. The summed E-state index contributed by atoms with van der Waals surface area (Å²) in [4.78, 5) is 2.63. The molecule has 0 bridgehead atoms. The van der Waals surface area contributed by atoms with Crippen LogP contribution in [0.15, 0.2) is 0 Å². The van der Waals surface area contributed by atoms with Crippen molar-refractivity contribution in [3.8, 4) is 0 Å². The van der Waals surface area contributed by atoms with Crippen molar-refractivity contribution in [1.82, 2.24) is 10.2 Å². The molecule has 3 atom stereocenters. The highest BCUT2D eigenvalue weighted by Gasteiger charge is 2.29. The van der Waals surface area contributed by atoms with Crippen LogP contribution in [0.5, 0.6) is 0 Å². The molecule has 1 saturated heterocycles. The molecule has 1 aliphatic heterocycles. The van der Waals surface area contributed by atoms with E-state index < -0.39 is 0 Å². The summed E-state index contributed by atoms with van der Waals surface area (Å²) in [5.74, 6) is 0.769. The molecule has 102 valence electrons. The zero-order valence-electron chi connectivity index (χ0n) is 12.2. The van der Waals surface area contributed by atoms with Crippen molar-refractivity contribution in [2.45, 2.75) is 58.7 Å². The van der Waals surface area contributed by atoms with Gasteiger partial charge in [0.1, 0.15) is 0 Å². The molecular formula is C14H30N2O. The highest BCUT2D eigenvalue weighted by atomic mass is 16.5. The largest absolute Gasteiger partial charge is 0.383 e. The molecule has 0 spiro atoms. The summed E-state index contributed by atoms with van der Waals surface area (Å²) in [7, 11) is 1.80. The number of nitrogens with zero attached hydrogens (tertiary/aromatic N) is 1. The van der Waals surface area contributed by atoms with Gasteiger partial charge in [0, 0.05) is 38.3 Å². The maximum atomic E-state index is 5.30. The van der Waals surface area contributed by atoms with Crippen LogP contribution in [0.4, 0.5) is 0 Å². The molecule has 3 unspecified atom stereocenters. The van der Waals surface area contributed by atoms with Gasteiger partial charge in [-0.3, -0.25) is 4.90 Å². The van der Waals surface area contributed by atoms with Gasteiger partial charge in [-0.15, -0.1) is 0 Å². The molecule has 0 aromatic carbocycles. The van der Waals surface area contributed by atoms with Gasteiger partial charge in [-0.05, 0) is 25.7 Å². The molecule has 0 aromatic rings. The second kappa shape index (κ2) is 7.34. The summed E-state index contributed by atoms with van der Waals surface area (Å²) in [6.45, 7) is 12.3. The number of ether oxygens (including phenoxy) is 1. The van der Waals surface area contributed by atoms with E-state index in [2.05, 4.69) is 37.9 Å². The zero-order valence-corrected chi connectivity index (χ0v) is 12.2. The molecule has 0 aromatic heterocycles. The third-order valence-corrected chi connectivity index (χ3v) is 3.74. The molecule has 0 aliphatic carbocycles. The number of hydrogen-bond acceptors (Lipinski definition) is 3. The SMILES string of the molecule is CCC1CNC(CC(C)C)CN1C(C)COC. The van der Waals surface area contributed by atoms with Crippen LogP contribution < -0.4 is 5.32 Å². The Morgan fingerprint density at radius 1 is 1.35 bits per heavy atom. The second-order valence-electron chi connectivity index (χ2n) is 5.80. The predicted octanol–water partition coefficient (Wildman–Crippen LogP) is 2.12. The van der Waals surface area contributed by atoms with E-state index in [0.29, 0.717) is 18.1 Å². The average Bonchev–Trinajstić information content (AvgIpc) is 2.28. The highest BCUT2D eigenvalue weighted by molar-refractivity contribution is 4.88. The van der Waals surface area contributed by atoms with E-state index in [4.69, 9.17) is 4.74 Å². The molecule has 3 heteroatoms. The predicted molar refractivity (Wildman–Crippen MR) is 73.4 cm³/mol. The maximum absolute atomic E-state index is 5.30. The third-order valence-electron chi connectivity index (χ3n) is 3.74. The summed E-state index contributed by atoms with van der Waals surface area (Å²) in [5, 5.41) is 3.70. The molecule has 1 heterocycles. The maximum Gasteiger partial charge on any atom is 0.0615 e. The van der Waals surface area contributed by atoms with E-state index in [9.17, 15) is 0 Å². The first kappa shape index (κ1) is 14.9. The Morgan fingerprint density at radius 3 is 2.59 bits per heavy atom. The highest BCUT2D eigenvalue weighted by Crippen LogP contribution is 2.17. The van der Waals surface area contributed by atoms with Crippen molar-refractivity contribution >= 4 is 0 Å². The molecular weight excluding hydrogens is 212 g/mol. The lowest BCUT2D eigenvalue weighted by Crippen LogP contribution is -2.59. The zero-order chi connectivity index (χ0) is 12.8. The van der Waals surface area contributed by atoms with Crippen molar-refractivity contribution in [2.75, 3.05) is 26.8 Å². The quantitative estimate of drug-likeness (QED) is 0.772. The lowest BCUT2D eigenvalue weighted by molar-refractivity contribution is 0.0368.